The van der Waals surface area contributed by atoms with Crippen molar-refractivity contribution < 1.29 is 4.79 Å². The summed E-state index contributed by atoms with van der Waals surface area (Å²) in [7, 11) is 0. The number of amides is 1. The maximum Gasteiger partial charge on any atom is 0.224 e. The van der Waals surface area contributed by atoms with Gasteiger partial charge in [-0.3, -0.25) is 9.36 Å². The summed E-state index contributed by atoms with van der Waals surface area (Å²) in [5.74, 6) is 0.209. The first-order chi connectivity index (χ1) is 13.2. The molecule has 3 heterocycles. The van der Waals surface area contributed by atoms with Crippen LogP contribution in [0, 0.1) is 5.92 Å². The number of rotatable bonds is 9. The Labute approximate surface area is 165 Å². The minimum Gasteiger partial charge on any atom is -0.356 e. The van der Waals surface area contributed by atoms with Gasteiger partial charge in [0.25, 0.3) is 0 Å². The summed E-state index contributed by atoms with van der Waals surface area (Å²) in [5.41, 5.74) is 0. The standard InChI is InChI=1S/C19H30N6OS/c1-3-23(4-2)11-8-10-20-17(26)16-9-7-14-25(15-16)19-22-21-18(27-19)24-12-5-6-13-24/h5-6,12-13,16H,3-4,7-11,14-15H2,1-2H3,(H,20,26)/t16-/m0/s1. The van der Waals surface area contributed by atoms with Gasteiger partial charge in [0, 0.05) is 32.0 Å². The molecule has 1 N–H and O–H groups in total. The molecule has 2 aromatic rings. The topological polar surface area (TPSA) is 66.3 Å². The Morgan fingerprint density at radius 2 is 2.00 bits per heavy atom. The monoisotopic (exact) mass is 390 g/mol. The Bertz CT molecular complexity index is 697. The van der Waals surface area contributed by atoms with Gasteiger partial charge in [-0.05, 0) is 51.0 Å². The zero-order valence-electron chi connectivity index (χ0n) is 16.3. The molecule has 0 radical (unpaired) electrons. The van der Waals surface area contributed by atoms with E-state index in [-0.39, 0.29) is 11.8 Å². The van der Waals surface area contributed by atoms with E-state index in [4.69, 9.17) is 0 Å². The quantitative estimate of drug-likeness (QED) is 0.666. The van der Waals surface area contributed by atoms with Gasteiger partial charge in [0.2, 0.25) is 16.2 Å². The molecule has 1 saturated heterocycles. The average Bonchev–Trinajstić information content (AvgIpc) is 3.39. The second-order valence-electron chi connectivity index (χ2n) is 6.91. The SMILES string of the molecule is CCN(CC)CCCNC(=O)[C@H]1CCCN(c2nnc(-n3cccc3)s2)C1. The van der Waals surface area contributed by atoms with Crippen LogP contribution in [-0.2, 0) is 4.79 Å². The summed E-state index contributed by atoms with van der Waals surface area (Å²) < 4.78 is 1.96. The van der Waals surface area contributed by atoms with E-state index in [2.05, 4.69) is 39.2 Å². The Balaban J connectivity index is 1.48. The van der Waals surface area contributed by atoms with Crippen molar-refractivity contribution in [2.75, 3.05) is 44.2 Å². The molecule has 0 saturated carbocycles. The molecular formula is C19H30N6OS. The van der Waals surface area contributed by atoms with Crippen LogP contribution < -0.4 is 10.2 Å². The molecule has 1 fully saturated rings. The van der Waals surface area contributed by atoms with Crippen LogP contribution in [0.1, 0.15) is 33.1 Å². The predicted octanol–water partition coefficient (Wildman–Crippen LogP) is 2.39. The van der Waals surface area contributed by atoms with Crippen molar-refractivity contribution in [2.45, 2.75) is 33.1 Å². The molecule has 1 aliphatic heterocycles. The van der Waals surface area contributed by atoms with Crippen molar-refractivity contribution in [3.63, 3.8) is 0 Å². The fraction of sp³-hybridized carbons (Fsp3) is 0.632. The maximum atomic E-state index is 12.6. The molecule has 2 aromatic heterocycles. The molecule has 27 heavy (non-hydrogen) atoms. The van der Waals surface area contributed by atoms with Crippen LogP contribution in [-0.4, -0.2) is 64.8 Å². The molecule has 1 atom stereocenters. The number of aromatic nitrogens is 3. The van der Waals surface area contributed by atoms with Gasteiger partial charge < -0.3 is 15.1 Å². The number of nitrogens with one attached hydrogen (secondary N) is 1. The molecule has 1 aliphatic rings. The highest BCUT2D eigenvalue weighted by Gasteiger charge is 2.27. The summed E-state index contributed by atoms with van der Waals surface area (Å²) >= 11 is 1.57. The molecule has 0 aliphatic carbocycles. The third kappa shape index (κ3) is 5.29. The highest BCUT2D eigenvalue weighted by molar-refractivity contribution is 7.17. The molecule has 148 valence electrons. The van der Waals surface area contributed by atoms with Crippen LogP contribution in [0.25, 0.3) is 5.13 Å². The normalized spacial score (nSPS) is 17.4. The average molecular weight is 391 g/mol. The fourth-order valence-corrected chi connectivity index (χ4v) is 4.31. The van der Waals surface area contributed by atoms with Crippen LogP contribution in [0.5, 0.6) is 0 Å². The minimum atomic E-state index is 0.0335. The van der Waals surface area contributed by atoms with Gasteiger partial charge in [-0.1, -0.05) is 25.2 Å². The van der Waals surface area contributed by atoms with Crippen molar-refractivity contribution >= 4 is 22.4 Å². The molecule has 3 rings (SSSR count). The van der Waals surface area contributed by atoms with E-state index in [0.29, 0.717) is 0 Å². The van der Waals surface area contributed by atoms with Crippen LogP contribution in [0.2, 0.25) is 0 Å². The molecule has 0 aromatic carbocycles. The Morgan fingerprint density at radius 3 is 2.74 bits per heavy atom. The molecule has 1 amide bonds. The summed E-state index contributed by atoms with van der Waals surface area (Å²) in [5, 5.41) is 13.5. The second kappa shape index (κ2) is 9.85. The fourth-order valence-electron chi connectivity index (χ4n) is 3.47. The molecule has 0 bridgehead atoms. The largest absolute Gasteiger partial charge is 0.356 e. The van der Waals surface area contributed by atoms with E-state index in [0.717, 1.165) is 68.8 Å². The Morgan fingerprint density at radius 1 is 1.26 bits per heavy atom. The lowest BCUT2D eigenvalue weighted by atomic mass is 9.97. The van der Waals surface area contributed by atoms with Crippen molar-refractivity contribution in [3.8, 4) is 5.13 Å². The van der Waals surface area contributed by atoms with Gasteiger partial charge >= 0.3 is 0 Å². The maximum absolute atomic E-state index is 12.6. The molecular weight excluding hydrogens is 360 g/mol. The lowest BCUT2D eigenvalue weighted by molar-refractivity contribution is -0.125. The number of hydrogen-bond acceptors (Lipinski definition) is 6. The summed E-state index contributed by atoms with van der Waals surface area (Å²) in [6.07, 6.45) is 6.89. The first-order valence-electron chi connectivity index (χ1n) is 9.93. The lowest BCUT2D eigenvalue weighted by Gasteiger charge is -2.31. The third-order valence-corrected chi connectivity index (χ3v) is 6.13. The van der Waals surface area contributed by atoms with Crippen LogP contribution in [0.3, 0.4) is 0 Å². The lowest BCUT2D eigenvalue weighted by Crippen LogP contribution is -2.43. The van der Waals surface area contributed by atoms with E-state index >= 15 is 0 Å². The van der Waals surface area contributed by atoms with Crippen molar-refractivity contribution in [2.24, 2.45) is 5.92 Å². The molecule has 7 nitrogen and oxygen atoms in total. The van der Waals surface area contributed by atoms with Gasteiger partial charge in [0.1, 0.15) is 0 Å². The second-order valence-corrected chi connectivity index (χ2v) is 7.85. The van der Waals surface area contributed by atoms with Crippen molar-refractivity contribution in [3.05, 3.63) is 24.5 Å². The zero-order chi connectivity index (χ0) is 19.1. The highest BCUT2D eigenvalue weighted by Crippen LogP contribution is 2.27. The summed E-state index contributed by atoms with van der Waals surface area (Å²) in [4.78, 5) is 17.1. The predicted molar refractivity (Wildman–Crippen MR) is 110 cm³/mol. The molecule has 0 unspecified atom stereocenters. The first-order valence-corrected chi connectivity index (χ1v) is 10.7. The number of piperidine rings is 1. The van der Waals surface area contributed by atoms with E-state index in [1.807, 2.05) is 29.1 Å². The van der Waals surface area contributed by atoms with E-state index in [1.54, 1.807) is 11.3 Å². The smallest absolute Gasteiger partial charge is 0.224 e. The molecule has 0 spiro atoms. The summed E-state index contributed by atoms with van der Waals surface area (Å²) in [6.45, 7) is 9.93. The van der Waals surface area contributed by atoms with E-state index in [9.17, 15) is 4.79 Å². The van der Waals surface area contributed by atoms with E-state index in [1.165, 1.54) is 0 Å². The zero-order valence-corrected chi connectivity index (χ0v) is 17.1. The minimum absolute atomic E-state index is 0.0335. The van der Waals surface area contributed by atoms with Crippen molar-refractivity contribution in [1.82, 2.24) is 25.0 Å². The Kier molecular flexibility index (Phi) is 7.23. The number of carbonyl (C=O) groups excluding carboxylic acids is 1. The van der Waals surface area contributed by atoms with Gasteiger partial charge in [-0.25, -0.2) is 0 Å². The highest BCUT2D eigenvalue weighted by atomic mass is 32.1. The number of anilines is 1. The molecule has 8 heteroatoms. The third-order valence-electron chi connectivity index (χ3n) is 5.14. The number of nitrogens with zero attached hydrogens (tertiary/aromatic N) is 5. The van der Waals surface area contributed by atoms with Crippen LogP contribution >= 0.6 is 11.3 Å². The summed E-state index contributed by atoms with van der Waals surface area (Å²) in [6, 6.07) is 3.95. The van der Waals surface area contributed by atoms with Gasteiger partial charge in [-0.15, -0.1) is 10.2 Å². The van der Waals surface area contributed by atoms with E-state index < -0.39 is 0 Å². The van der Waals surface area contributed by atoms with Gasteiger partial charge in [0.15, 0.2) is 0 Å². The first kappa shape index (κ1) is 19.8. The number of hydrogen-bond donors (Lipinski definition) is 1. The van der Waals surface area contributed by atoms with Gasteiger partial charge in [0.05, 0.1) is 5.92 Å². The van der Waals surface area contributed by atoms with Crippen molar-refractivity contribution in [1.29, 1.82) is 0 Å². The Hall–Kier alpha value is -1.93. The van der Waals surface area contributed by atoms with Crippen LogP contribution in [0.15, 0.2) is 24.5 Å². The van der Waals surface area contributed by atoms with Gasteiger partial charge in [-0.2, -0.15) is 0 Å². The number of carbonyl (C=O) groups is 1. The van der Waals surface area contributed by atoms with Crippen LogP contribution in [0.4, 0.5) is 5.13 Å².